The van der Waals surface area contributed by atoms with Crippen molar-refractivity contribution in [1.82, 2.24) is 9.88 Å². The summed E-state index contributed by atoms with van der Waals surface area (Å²) in [4.78, 5) is 9.51. The van der Waals surface area contributed by atoms with Crippen molar-refractivity contribution >= 4 is 27.6 Å². The number of benzene rings is 2. The number of pyridine rings is 1. The highest BCUT2D eigenvalue weighted by Gasteiger charge is 2.30. The lowest BCUT2D eigenvalue weighted by molar-refractivity contribution is 0.141. The summed E-state index contributed by atoms with van der Waals surface area (Å²) < 4.78 is 20.0. The molecule has 4 nitrogen and oxygen atoms in total. The second-order valence-electron chi connectivity index (χ2n) is 9.18. The number of hydrogen-bond donors (Lipinski definition) is 0. The van der Waals surface area contributed by atoms with Crippen molar-refractivity contribution in [2.45, 2.75) is 37.6 Å². The van der Waals surface area contributed by atoms with E-state index >= 15 is 0 Å². The third-order valence-electron chi connectivity index (χ3n) is 7.51. The Morgan fingerprint density at radius 2 is 1.62 bits per heavy atom. The molecule has 2 aliphatic rings. The highest BCUT2D eigenvalue weighted by molar-refractivity contribution is 5.91. The van der Waals surface area contributed by atoms with Gasteiger partial charge >= 0.3 is 0 Å². The molecule has 1 aliphatic heterocycles. The van der Waals surface area contributed by atoms with Crippen LogP contribution in [0.1, 0.15) is 37.2 Å². The van der Waals surface area contributed by atoms with E-state index in [1.165, 1.54) is 36.6 Å². The minimum atomic E-state index is -0.197. The van der Waals surface area contributed by atoms with Crippen LogP contribution in [0.25, 0.3) is 21.9 Å². The zero-order valence-electron chi connectivity index (χ0n) is 18.2. The molecule has 2 fully saturated rings. The lowest BCUT2D eigenvalue weighted by atomic mass is 9.81. The predicted molar refractivity (Wildman–Crippen MR) is 127 cm³/mol. The summed E-state index contributed by atoms with van der Waals surface area (Å²) in [6.07, 6.45) is 8.66. The van der Waals surface area contributed by atoms with Crippen LogP contribution in [0.15, 0.2) is 65.4 Å². The van der Waals surface area contributed by atoms with Crippen molar-refractivity contribution in [2.24, 2.45) is 0 Å². The van der Waals surface area contributed by atoms with E-state index in [4.69, 9.17) is 4.42 Å². The Morgan fingerprint density at radius 1 is 0.844 bits per heavy atom. The number of rotatable bonds is 3. The topological polar surface area (TPSA) is 32.5 Å². The minimum Gasteiger partial charge on any atom is -0.464 e. The SMILES string of the molecule is Fc1ccc(N2CCN([C@H]3CC[C@H](c4coc5ccccc54)CC3)CC2)c2ncccc12. The van der Waals surface area contributed by atoms with E-state index in [2.05, 4.69) is 33.0 Å². The number of anilines is 1. The molecule has 0 unspecified atom stereocenters. The lowest BCUT2D eigenvalue weighted by Crippen LogP contribution is -2.51. The molecule has 0 radical (unpaired) electrons. The number of nitrogens with zero attached hydrogens (tertiary/aromatic N) is 3. The molecule has 2 aromatic carbocycles. The van der Waals surface area contributed by atoms with Gasteiger partial charge < -0.3 is 9.32 Å². The number of para-hydroxylation sites is 1. The van der Waals surface area contributed by atoms with Gasteiger partial charge in [-0.25, -0.2) is 4.39 Å². The second kappa shape index (κ2) is 8.21. The lowest BCUT2D eigenvalue weighted by Gasteiger charge is -2.42. The number of hydrogen-bond acceptors (Lipinski definition) is 4. The van der Waals surface area contributed by atoms with Crippen LogP contribution in [0.2, 0.25) is 0 Å². The van der Waals surface area contributed by atoms with E-state index < -0.39 is 0 Å². The van der Waals surface area contributed by atoms with E-state index in [-0.39, 0.29) is 5.82 Å². The van der Waals surface area contributed by atoms with Gasteiger partial charge in [0.05, 0.1) is 17.5 Å². The normalized spacial score (nSPS) is 22.6. The zero-order valence-corrected chi connectivity index (χ0v) is 18.2. The van der Waals surface area contributed by atoms with Crippen LogP contribution in [-0.4, -0.2) is 42.1 Å². The van der Waals surface area contributed by atoms with Gasteiger partial charge in [0.15, 0.2) is 0 Å². The molecule has 6 rings (SSSR count). The zero-order chi connectivity index (χ0) is 21.5. The molecule has 164 valence electrons. The number of fused-ring (bicyclic) bond motifs is 2. The van der Waals surface area contributed by atoms with Gasteiger partial charge in [-0.3, -0.25) is 9.88 Å². The fourth-order valence-electron chi connectivity index (χ4n) is 5.77. The number of piperazine rings is 1. The molecule has 2 aromatic heterocycles. The quantitative estimate of drug-likeness (QED) is 0.402. The van der Waals surface area contributed by atoms with Gasteiger partial charge in [-0.15, -0.1) is 0 Å². The molecule has 1 saturated carbocycles. The van der Waals surface area contributed by atoms with Crippen molar-refractivity contribution in [3.8, 4) is 0 Å². The molecule has 0 atom stereocenters. The van der Waals surface area contributed by atoms with Gasteiger partial charge in [0.25, 0.3) is 0 Å². The van der Waals surface area contributed by atoms with Gasteiger partial charge in [-0.1, -0.05) is 18.2 Å². The van der Waals surface area contributed by atoms with E-state index in [1.54, 1.807) is 18.3 Å². The molecular formula is C27H28FN3O. The van der Waals surface area contributed by atoms with E-state index in [9.17, 15) is 4.39 Å². The van der Waals surface area contributed by atoms with Crippen molar-refractivity contribution in [3.63, 3.8) is 0 Å². The molecule has 5 heteroatoms. The summed E-state index contributed by atoms with van der Waals surface area (Å²) in [5.41, 5.74) is 4.22. The minimum absolute atomic E-state index is 0.197. The standard InChI is InChI=1S/C27H28FN3O/c28-24-11-12-25(27-22(24)5-3-13-29-27)31-16-14-30(15-17-31)20-9-7-19(8-10-20)23-18-32-26-6-2-1-4-21(23)26/h1-6,11-13,18-20H,7-10,14-17H2/t19-,20-. The summed E-state index contributed by atoms with van der Waals surface area (Å²) in [5.74, 6) is 0.408. The van der Waals surface area contributed by atoms with Crippen molar-refractivity contribution in [1.29, 1.82) is 0 Å². The summed E-state index contributed by atoms with van der Waals surface area (Å²) >= 11 is 0. The average molecular weight is 430 g/mol. The maximum atomic E-state index is 14.2. The Balaban J connectivity index is 1.10. The summed E-state index contributed by atoms with van der Waals surface area (Å²) in [7, 11) is 0. The van der Waals surface area contributed by atoms with E-state index in [0.717, 1.165) is 43.0 Å². The van der Waals surface area contributed by atoms with Gasteiger partial charge in [-0.05, 0) is 61.9 Å². The molecule has 1 saturated heterocycles. The van der Waals surface area contributed by atoms with E-state index in [1.807, 2.05) is 24.5 Å². The fourth-order valence-corrected chi connectivity index (χ4v) is 5.77. The Kier molecular flexibility index (Phi) is 5.07. The monoisotopic (exact) mass is 429 g/mol. The first-order valence-electron chi connectivity index (χ1n) is 11.8. The molecule has 4 aromatic rings. The van der Waals surface area contributed by atoms with Crippen LogP contribution in [-0.2, 0) is 0 Å². The second-order valence-corrected chi connectivity index (χ2v) is 9.18. The summed E-state index contributed by atoms with van der Waals surface area (Å²) in [5, 5.41) is 1.89. The first-order valence-corrected chi connectivity index (χ1v) is 11.8. The predicted octanol–water partition coefficient (Wildman–Crippen LogP) is 5.97. The Morgan fingerprint density at radius 3 is 2.47 bits per heavy atom. The molecule has 0 N–H and O–H groups in total. The molecule has 0 spiro atoms. The molecule has 1 aliphatic carbocycles. The Bertz CT molecular complexity index is 1240. The smallest absolute Gasteiger partial charge is 0.134 e. The van der Waals surface area contributed by atoms with E-state index in [0.29, 0.717) is 17.3 Å². The highest BCUT2D eigenvalue weighted by Crippen LogP contribution is 2.39. The Labute approximate surface area is 187 Å². The first kappa shape index (κ1) is 19.7. The highest BCUT2D eigenvalue weighted by atomic mass is 19.1. The van der Waals surface area contributed by atoms with Crippen molar-refractivity contribution in [3.05, 3.63) is 72.4 Å². The van der Waals surface area contributed by atoms with Crippen LogP contribution < -0.4 is 4.90 Å². The largest absolute Gasteiger partial charge is 0.464 e. The third kappa shape index (κ3) is 3.45. The Hall–Kier alpha value is -2.92. The van der Waals surface area contributed by atoms with Crippen molar-refractivity contribution < 1.29 is 8.81 Å². The van der Waals surface area contributed by atoms with Gasteiger partial charge in [0, 0.05) is 54.8 Å². The third-order valence-corrected chi connectivity index (χ3v) is 7.51. The number of furan rings is 1. The van der Waals surface area contributed by atoms with Crippen molar-refractivity contribution in [2.75, 3.05) is 31.1 Å². The van der Waals surface area contributed by atoms with Gasteiger partial charge in [-0.2, -0.15) is 0 Å². The maximum Gasteiger partial charge on any atom is 0.134 e. The number of halogens is 1. The van der Waals surface area contributed by atoms with Crippen LogP contribution >= 0.6 is 0 Å². The summed E-state index contributed by atoms with van der Waals surface area (Å²) in [6.45, 7) is 4.03. The van der Waals surface area contributed by atoms with Crippen LogP contribution in [0, 0.1) is 5.82 Å². The molecule has 3 heterocycles. The number of aromatic nitrogens is 1. The maximum absolute atomic E-state index is 14.2. The molecular weight excluding hydrogens is 401 g/mol. The van der Waals surface area contributed by atoms with Crippen LogP contribution in [0.5, 0.6) is 0 Å². The van der Waals surface area contributed by atoms with Crippen LogP contribution in [0.3, 0.4) is 0 Å². The molecule has 0 amide bonds. The first-order chi connectivity index (χ1) is 15.8. The van der Waals surface area contributed by atoms with Gasteiger partial charge in [0.2, 0.25) is 0 Å². The molecule has 0 bridgehead atoms. The fraction of sp³-hybridized carbons (Fsp3) is 0.370. The van der Waals surface area contributed by atoms with Crippen LogP contribution in [0.4, 0.5) is 10.1 Å². The summed E-state index contributed by atoms with van der Waals surface area (Å²) in [6, 6.07) is 16.1. The van der Waals surface area contributed by atoms with Gasteiger partial charge in [0.1, 0.15) is 11.4 Å². The average Bonchev–Trinajstić information content (AvgIpc) is 3.29. The molecule has 32 heavy (non-hydrogen) atoms.